The number of unbranched alkanes of at least 4 members (excludes halogenated alkanes) is 5. The Kier molecular flexibility index (Phi) is 6.30. The fourth-order valence-electron chi connectivity index (χ4n) is 1.51. The second-order valence-corrected chi connectivity index (χ2v) is 3.90. The number of imidazole rings is 1. The average molecular weight is 224 g/mol. The molecule has 0 aliphatic rings. The molecule has 1 heterocycles. The molecule has 0 saturated carbocycles. The minimum atomic E-state index is -0.187. The number of carbonyl (C=O) groups is 1. The van der Waals surface area contributed by atoms with Gasteiger partial charge in [-0.1, -0.05) is 39.0 Å². The van der Waals surface area contributed by atoms with Crippen LogP contribution < -0.4 is 4.84 Å². The quantitative estimate of drug-likeness (QED) is 0.637. The average Bonchev–Trinajstić information content (AvgIpc) is 2.76. The number of aromatic nitrogens is 2. The molecular formula is C12H20N2O2. The summed E-state index contributed by atoms with van der Waals surface area (Å²) < 4.78 is 1.33. The molecule has 1 aromatic heterocycles. The van der Waals surface area contributed by atoms with E-state index in [0.717, 1.165) is 12.8 Å². The second-order valence-electron chi connectivity index (χ2n) is 3.90. The third-order valence-corrected chi connectivity index (χ3v) is 2.42. The van der Waals surface area contributed by atoms with Crippen LogP contribution in [0.4, 0.5) is 0 Å². The van der Waals surface area contributed by atoms with Gasteiger partial charge in [-0.15, -0.1) is 0 Å². The van der Waals surface area contributed by atoms with E-state index >= 15 is 0 Å². The molecule has 1 aromatic rings. The fraction of sp³-hybridized carbons (Fsp3) is 0.667. The van der Waals surface area contributed by atoms with E-state index < -0.39 is 0 Å². The van der Waals surface area contributed by atoms with Gasteiger partial charge in [-0.25, -0.2) is 9.78 Å². The van der Waals surface area contributed by atoms with Gasteiger partial charge < -0.3 is 4.84 Å². The van der Waals surface area contributed by atoms with Gasteiger partial charge in [-0.3, -0.25) is 0 Å². The maximum atomic E-state index is 11.3. The van der Waals surface area contributed by atoms with Crippen molar-refractivity contribution in [3.05, 3.63) is 18.7 Å². The van der Waals surface area contributed by atoms with Crippen LogP contribution in [0.5, 0.6) is 0 Å². The van der Waals surface area contributed by atoms with E-state index in [-0.39, 0.29) is 5.97 Å². The third kappa shape index (κ3) is 5.53. The van der Waals surface area contributed by atoms with Crippen LogP contribution in [0.2, 0.25) is 0 Å². The number of rotatable bonds is 8. The summed E-state index contributed by atoms with van der Waals surface area (Å²) in [7, 11) is 0. The lowest BCUT2D eigenvalue weighted by Gasteiger charge is -2.03. The van der Waals surface area contributed by atoms with E-state index in [1.54, 1.807) is 12.4 Å². The fourth-order valence-corrected chi connectivity index (χ4v) is 1.51. The highest BCUT2D eigenvalue weighted by Gasteiger charge is 2.03. The largest absolute Gasteiger partial charge is 0.336 e. The SMILES string of the molecule is CCCCCCCCC(=O)On1ccnc1. The second kappa shape index (κ2) is 7.91. The topological polar surface area (TPSA) is 44.1 Å². The standard InChI is InChI=1S/C12H20N2O2/c1-2-3-4-5-6-7-8-12(15)16-14-10-9-13-11-14/h9-11H,2-8H2,1H3. The molecule has 0 fully saturated rings. The summed E-state index contributed by atoms with van der Waals surface area (Å²) in [5.74, 6) is -0.187. The van der Waals surface area contributed by atoms with Crippen molar-refractivity contribution in [1.82, 2.24) is 9.71 Å². The molecule has 0 radical (unpaired) electrons. The van der Waals surface area contributed by atoms with E-state index in [1.165, 1.54) is 36.7 Å². The normalized spacial score (nSPS) is 10.3. The number of carbonyl (C=O) groups excluding carboxylic acids is 1. The van der Waals surface area contributed by atoms with Gasteiger partial charge in [-0.2, -0.15) is 4.73 Å². The molecule has 0 N–H and O–H groups in total. The Morgan fingerprint density at radius 2 is 2.00 bits per heavy atom. The van der Waals surface area contributed by atoms with Gasteiger partial charge in [0.25, 0.3) is 0 Å². The Hall–Kier alpha value is -1.32. The van der Waals surface area contributed by atoms with Crippen LogP contribution in [0, 0.1) is 0 Å². The molecule has 0 unspecified atom stereocenters. The Morgan fingerprint density at radius 3 is 2.69 bits per heavy atom. The van der Waals surface area contributed by atoms with Crippen molar-refractivity contribution in [1.29, 1.82) is 0 Å². The van der Waals surface area contributed by atoms with Gasteiger partial charge in [0, 0.05) is 12.6 Å². The van der Waals surface area contributed by atoms with Gasteiger partial charge in [-0.05, 0) is 6.42 Å². The van der Waals surface area contributed by atoms with Gasteiger partial charge >= 0.3 is 5.97 Å². The molecule has 0 aliphatic carbocycles. The first kappa shape index (κ1) is 12.7. The lowest BCUT2D eigenvalue weighted by atomic mass is 10.1. The highest BCUT2D eigenvalue weighted by molar-refractivity contribution is 5.69. The van der Waals surface area contributed by atoms with Crippen LogP contribution in [0.1, 0.15) is 51.9 Å². The summed E-state index contributed by atoms with van der Waals surface area (Å²) >= 11 is 0. The van der Waals surface area contributed by atoms with E-state index in [2.05, 4.69) is 11.9 Å². The van der Waals surface area contributed by atoms with Crippen molar-refractivity contribution in [2.24, 2.45) is 0 Å². The molecule has 4 heteroatoms. The third-order valence-electron chi connectivity index (χ3n) is 2.42. The Labute approximate surface area is 96.6 Å². The van der Waals surface area contributed by atoms with Gasteiger partial charge in [0.15, 0.2) is 0 Å². The highest BCUT2D eigenvalue weighted by atomic mass is 16.7. The van der Waals surface area contributed by atoms with E-state index in [9.17, 15) is 4.79 Å². The zero-order chi connectivity index (χ0) is 11.6. The van der Waals surface area contributed by atoms with Crippen molar-refractivity contribution < 1.29 is 9.63 Å². The minimum Gasteiger partial charge on any atom is -0.336 e. The Bertz CT molecular complexity index is 283. The molecule has 0 saturated heterocycles. The smallest absolute Gasteiger partial charge is 0.332 e. The Balaban J connectivity index is 1.98. The van der Waals surface area contributed by atoms with E-state index in [4.69, 9.17) is 4.84 Å². The lowest BCUT2D eigenvalue weighted by molar-refractivity contribution is -0.144. The molecule has 0 amide bonds. The van der Waals surface area contributed by atoms with Crippen molar-refractivity contribution in [2.45, 2.75) is 51.9 Å². The first-order chi connectivity index (χ1) is 7.83. The zero-order valence-corrected chi connectivity index (χ0v) is 9.89. The summed E-state index contributed by atoms with van der Waals surface area (Å²) in [4.78, 5) is 20.1. The van der Waals surface area contributed by atoms with Gasteiger partial charge in [0.2, 0.25) is 0 Å². The van der Waals surface area contributed by atoms with Crippen LogP contribution in [-0.2, 0) is 4.79 Å². The molecule has 0 aromatic carbocycles. The monoisotopic (exact) mass is 224 g/mol. The van der Waals surface area contributed by atoms with Crippen molar-refractivity contribution in [2.75, 3.05) is 0 Å². The highest BCUT2D eigenvalue weighted by Crippen LogP contribution is 2.06. The predicted octanol–water partition coefficient (Wildman–Crippen LogP) is 2.59. The van der Waals surface area contributed by atoms with Crippen molar-refractivity contribution in [3.63, 3.8) is 0 Å². The summed E-state index contributed by atoms with van der Waals surface area (Å²) in [5, 5.41) is 0. The van der Waals surface area contributed by atoms with Crippen LogP contribution in [0.15, 0.2) is 18.7 Å². The van der Waals surface area contributed by atoms with Gasteiger partial charge in [0.05, 0.1) is 6.20 Å². The molecule has 1 rings (SSSR count). The summed E-state index contributed by atoms with van der Waals surface area (Å²) in [5.41, 5.74) is 0. The molecule has 4 nitrogen and oxygen atoms in total. The van der Waals surface area contributed by atoms with Crippen molar-refractivity contribution >= 4 is 5.97 Å². The molecule has 0 bridgehead atoms. The summed E-state index contributed by atoms with van der Waals surface area (Å²) in [6.45, 7) is 2.20. The summed E-state index contributed by atoms with van der Waals surface area (Å²) in [6.07, 6.45) is 12.2. The van der Waals surface area contributed by atoms with Crippen LogP contribution in [-0.4, -0.2) is 15.7 Å². The molecule has 0 aliphatic heterocycles. The maximum Gasteiger partial charge on any atom is 0.332 e. The summed E-state index contributed by atoms with van der Waals surface area (Å²) in [6, 6.07) is 0. The maximum absolute atomic E-state index is 11.3. The number of hydrogen-bond acceptors (Lipinski definition) is 3. The zero-order valence-electron chi connectivity index (χ0n) is 9.89. The Morgan fingerprint density at radius 1 is 1.25 bits per heavy atom. The van der Waals surface area contributed by atoms with Crippen LogP contribution >= 0.6 is 0 Å². The molecule has 16 heavy (non-hydrogen) atoms. The first-order valence-corrected chi connectivity index (χ1v) is 6.02. The van der Waals surface area contributed by atoms with Crippen LogP contribution in [0.3, 0.4) is 0 Å². The number of nitrogens with zero attached hydrogens (tertiary/aromatic N) is 2. The van der Waals surface area contributed by atoms with Crippen LogP contribution in [0.25, 0.3) is 0 Å². The molecular weight excluding hydrogens is 204 g/mol. The minimum absolute atomic E-state index is 0.187. The number of hydrogen-bond donors (Lipinski definition) is 0. The predicted molar refractivity (Wildman–Crippen MR) is 61.8 cm³/mol. The van der Waals surface area contributed by atoms with Crippen molar-refractivity contribution in [3.8, 4) is 0 Å². The molecule has 0 spiro atoms. The molecule has 0 atom stereocenters. The molecule has 90 valence electrons. The van der Waals surface area contributed by atoms with Gasteiger partial charge in [0.1, 0.15) is 6.33 Å². The first-order valence-electron chi connectivity index (χ1n) is 6.02. The lowest BCUT2D eigenvalue weighted by Crippen LogP contribution is -2.17. The van der Waals surface area contributed by atoms with E-state index in [1.807, 2.05) is 0 Å². The van der Waals surface area contributed by atoms with E-state index in [0.29, 0.717) is 6.42 Å².